The summed E-state index contributed by atoms with van der Waals surface area (Å²) in [6.07, 6.45) is -0.475. The van der Waals surface area contributed by atoms with E-state index in [4.69, 9.17) is 4.74 Å². The lowest BCUT2D eigenvalue weighted by molar-refractivity contribution is -0.632. The van der Waals surface area contributed by atoms with Gasteiger partial charge in [0.15, 0.2) is 0 Å². The van der Waals surface area contributed by atoms with E-state index in [1.165, 1.54) is 6.92 Å². The number of fused-ring (bicyclic) bond motifs is 3. The van der Waals surface area contributed by atoms with E-state index in [0.717, 1.165) is 38.6 Å². The molecule has 0 aliphatic carbocycles. The summed E-state index contributed by atoms with van der Waals surface area (Å²) in [4.78, 5) is 23.3. The molecule has 6 nitrogen and oxygen atoms in total. The molecule has 0 saturated heterocycles. The number of hydrogen-bond acceptors (Lipinski definition) is 3. The lowest BCUT2D eigenvalue weighted by Gasteiger charge is -2.12. The van der Waals surface area contributed by atoms with Gasteiger partial charge in [-0.1, -0.05) is 18.2 Å². The number of pyridine rings is 1. The molecule has 0 saturated carbocycles. The van der Waals surface area contributed by atoms with Crippen molar-refractivity contribution in [3.05, 3.63) is 66.7 Å². The van der Waals surface area contributed by atoms with Crippen molar-refractivity contribution in [2.24, 2.45) is 7.05 Å². The predicted molar refractivity (Wildman–Crippen MR) is 123 cm³/mol. The summed E-state index contributed by atoms with van der Waals surface area (Å²) < 4.78 is 7.10. The molecule has 2 amide bonds. The number of anilines is 2. The number of amides is 2. The summed E-state index contributed by atoms with van der Waals surface area (Å²) in [5, 5.41) is 8.86. The van der Waals surface area contributed by atoms with Gasteiger partial charge in [0.25, 0.3) is 0 Å². The summed E-state index contributed by atoms with van der Waals surface area (Å²) in [7, 11) is 2.03. The summed E-state index contributed by atoms with van der Waals surface area (Å²) in [5.41, 5.74) is 4.52. The molecule has 0 aliphatic rings. The first-order chi connectivity index (χ1) is 15.0. The Morgan fingerprint density at radius 1 is 0.871 bits per heavy atom. The maximum Gasteiger partial charge on any atom is 0.411 e. The van der Waals surface area contributed by atoms with Crippen LogP contribution in [0.3, 0.4) is 0 Å². The zero-order chi connectivity index (χ0) is 22.0. The van der Waals surface area contributed by atoms with Crippen molar-refractivity contribution in [3.63, 3.8) is 0 Å². The predicted octanol–water partition coefficient (Wildman–Crippen LogP) is 5.01. The number of para-hydroxylation sites is 1. The van der Waals surface area contributed by atoms with Crippen LogP contribution in [0.1, 0.15) is 13.8 Å². The maximum absolute atomic E-state index is 11.7. The zero-order valence-corrected chi connectivity index (χ0v) is 17.7. The van der Waals surface area contributed by atoms with E-state index in [0.29, 0.717) is 12.3 Å². The molecule has 0 unspecified atom stereocenters. The molecule has 0 spiro atoms. The molecule has 156 valence electrons. The molecular formula is C25H24N3O3+. The maximum atomic E-state index is 11.7. The van der Waals surface area contributed by atoms with Crippen LogP contribution in [0.5, 0.6) is 0 Å². The molecule has 1 aromatic heterocycles. The van der Waals surface area contributed by atoms with E-state index in [1.807, 2.05) is 61.6 Å². The largest absolute Gasteiger partial charge is 0.450 e. The van der Waals surface area contributed by atoms with Crippen molar-refractivity contribution >= 4 is 45.1 Å². The molecule has 0 aliphatic heterocycles. The fourth-order valence-corrected chi connectivity index (χ4v) is 3.90. The average Bonchev–Trinajstić information content (AvgIpc) is 2.75. The lowest BCUT2D eigenvalue weighted by Crippen LogP contribution is -2.32. The van der Waals surface area contributed by atoms with Gasteiger partial charge in [0.2, 0.25) is 17.1 Å². The van der Waals surface area contributed by atoms with E-state index >= 15 is 0 Å². The highest BCUT2D eigenvalue weighted by Gasteiger charge is 2.21. The van der Waals surface area contributed by atoms with Crippen molar-refractivity contribution in [2.75, 3.05) is 17.2 Å². The van der Waals surface area contributed by atoms with E-state index < -0.39 is 6.09 Å². The van der Waals surface area contributed by atoms with Crippen LogP contribution in [0, 0.1) is 0 Å². The first-order valence-electron chi connectivity index (χ1n) is 10.1. The normalized spacial score (nSPS) is 10.8. The first-order valence-corrected chi connectivity index (χ1v) is 10.1. The number of aryl methyl sites for hydroxylation is 1. The van der Waals surface area contributed by atoms with Gasteiger partial charge in [0.05, 0.1) is 17.4 Å². The molecule has 0 atom stereocenters. The molecular weight excluding hydrogens is 390 g/mol. The minimum atomic E-state index is -0.475. The number of benzene rings is 3. The fourth-order valence-electron chi connectivity index (χ4n) is 3.90. The number of nitrogens with one attached hydrogen (secondary N) is 2. The zero-order valence-electron chi connectivity index (χ0n) is 17.7. The SMILES string of the molecule is CCOC(=O)Nc1ccc(-c2c3cc(NC(C)=O)ccc3c3ccccc3[n+]2C)cc1. The van der Waals surface area contributed by atoms with Gasteiger partial charge < -0.3 is 10.1 Å². The summed E-state index contributed by atoms with van der Waals surface area (Å²) in [5.74, 6) is -0.111. The van der Waals surface area contributed by atoms with E-state index in [1.54, 1.807) is 6.92 Å². The number of ether oxygens (including phenoxy) is 1. The number of hydrogen-bond donors (Lipinski definition) is 2. The van der Waals surface area contributed by atoms with Crippen LogP contribution < -0.4 is 15.2 Å². The van der Waals surface area contributed by atoms with Crippen molar-refractivity contribution in [1.82, 2.24) is 0 Å². The molecule has 4 rings (SSSR count). The van der Waals surface area contributed by atoms with Gasteiger partial charge in [0.1, 0.15) is 7.05 Å². The van der Waals surface area contributed by atoms with E-state index in [9.17, 15) is 9.59 Å². The molecule has 3 aromatic carbocycles. The number of nitrogens with zero attached hydrogens (tertiary/aromatic N) is 1. The second-order valence-electron chi connectivity index (χ2n) is 7.29. The van der Waals surface area contributed by atoms with Crippen molar-refractivity contribution < 1.29 is 18.9 Å². The highest BCUT2D eigenvalue weighted by molar-refractivity contribution is 6.10. The van der Waals surface area contributed by atoms with Crippen molar-refractivity contribution in [3.8, 4) is 11.3 Å². The number of carbonyl (C=O) groups is 2. The summed E-state index contributed by atoms with van der Waals surface area (Å²) >= 11 is 0. The third kappa shape index (κ3) is 4.05. The van der Waals surface area contributed by atoms with Crippen LogP contribution in [-0.2, 0) is 16.6 Å². The quantitative estimate of drug-likeness (QED) is 0.364. The van der Waals surface area contributed by atoms with Gasteiger partial charge in [-0.15, -0.1) is 0 Å². The number of rotatable bonds is 4. The summed E-state index contributed by atoms with van der Waals surface area (Å²) in [6.45, 7) is 3.59. The Kier molecular flexibility index (Phi) is 5.54. The van der Waals surface area contributed by atoms with Crippen molar-refractivity contribution in [2.45, 2.75) is 13.8 Å². The van der Waals surface area contributed by atoms with Crippen molar-refractivity contribution in [1.29, 1.82) is 0 Å². The second kappa shape index (κ2) is 8.44. The van der Waals surface area contributed by atoms with Gasteiger partial charge in [0, 0.05) is 35.3 Å². The van der Waals surface area contributed by atoms with Gasteiger partial charge in [-0.05, 0) is 49.4 Å². The molecule has 0 radical (unpaired) electrons. The van der Waals surface area contributed by atoms with Crippen LogP contribution in [-0.4, -0.2) is 18.6 Å². The van der Waals surface area contributed by atoms with Gasteiger partial charge >= 0.3 is 6.09 Å². The Morgan fingerprint density at radius 3 is 2.29 bits per heavy atom. The lowest BCUT2D eigenvalue weighted by atomic mass is 9.98. The Bertz CT molecular complexity index is 1300. The third-order valence-electron chi connectivity index (χ3n) is 5.17. The van der Waals surface area contributed by atoms with Gasteiger partial charge in [-0.25, -0.2) is 4.79 Å². The molecule has 0 bridgehead atoms. The topological polar surface area (TPSA) is 71.3 Å². The van der Waals surface area contributed by atoms with Crippen LogP contribution >= 0.6 is 0 Å². The average molecular weight is 414 g/mol. The molecule has 31 heavy (non-hydrogen) atoms. The van der Waals surface area contributed by atoms with E-state index in [-0.39, 0.29) is 5.91 Å². The van der Waals surface area contributed by atoms with Crippen LogP contribution in [0.2, 0.25) is 0 Å². The second-order valence-corrected chi connectivity index (χ2v) is 7.29. The third-order valence-corrected chi connectivity index (χ3v) is 5.17. The summed E-state index contributed by atoms with van der Waals surface area (Å²) in [6, 6.07) is 21.9. The smallest absolute Gasteiger partial charge is 0.411 e. The molecule has 6 heteroatoms. The standard InChI is InChI=1S/C25H23N3O3/c1-4-31-25(30)27-18-11-9-17(10-12-18)24-22-15-19(26-16(2)29)13-14-20(22)21-7-5-6-8-23(21)28(24)3/h5-15H,4H2,1-3H3,(H,26,29)/p+1. The van der Waals surface area contributed by atoms with Gasteiger partial charge in [-0.2, -0.15) is 4.57 Å². The minimum absolute atomic E-state index is 0.111. The van der Waals surface area contributed by atoms with Gasteiger partial charge in [-0.3, -0.25) is 10.1 Å². The Hall–Kier alpha value is -3.93. The highest BCUT2D eigenvalue weighted by atomic mass is 16.5. The van der Waals surface area contributed by atoms with Crippen LogP contribution in [0.4, 0.5) is 16.2 Å². The fraction of sp³-hybridized carbons (Fsp3) is 0.160. The Morgan fingerprint density at radius 2 is 1.58 bits per heavy atom. The Balaban J connectivity index is 1.89. The monoisotopic (exact) mass is 414 g/mol. The van der Waals surface area contributed by atoms with E-state index in [2.05, 4.69) is 27.3 Å². The minimum Gasteiger partial charge on any atom is -0.450 e. The Labute approximate surface area is 180 Å². The molecule has 1 heterocycles. The van der Waals surface area contributed by atoms with Crippen LogP contribution in [0.25, 0.3) is 32.9 Å². The molecule has 2 N–H and O–H groups in total. The molecule has 0 fully saturated rings. The first kappa shape index (κ1) is 20.3. The highest BCUT2D eigenvalue weighted by Crippen LogP contribution is 2.33. The van der Waals surface area contributed by atoms with Crippen LogP contribution in [0.15, 0.2) is 66.7 Å². The number of aromatic nitrogens is 1. The molecule has 4 aromatic rings. The number of carbonyl (C=O) groups excluding carboxylic acids is 2.